The summed E-state index contributed by atoms with van der Waals surface area (Å²) in [6.07, 6.45) is 4.55. The van der Waals surface area contributed by atoms with Gasteiger partial charge < -0.3 is 44.5 Å². The maximum absolute atomic E-state index is 12.4. The number of hydrogen-bond acceptors (Lipinski definition) is 10. The molecule has 0 aliphatic carbocycles. The van der Waals surface area contributed by atoms with Gasteiger partial charge in [0.15, 0.2) is 0 Å². The van der Waals surface area contributed by atoms with Crippen molar-refractivity contribution in [3.05, 3.63) is 131 Å². The Morgan fingerprint density at radius 1 is 0.556 bits per heavy atom. The molecule has 3 atom stereocenters. The van der Waals surface area contributed by atoms with Gasteiger partial charge in [0.05, 0.1) is 5.56 Å². The Kier molecular flexibility index (Phi) is 19.9. The van der Waals surface area contributed by atoms with Crippen LogP contribution in [0.3, 0.4) is 0 Å². The Labute approximate surface area is 426 Å². The zero-order valence-electron chi connectivity index (χ0n) is 43.8. The molecule has 3 fully saturated rings. The van der Waals surface area contributed by atoms with E-state index in [1.165, 1.54) is 5.56 Å². The number of likely N-dealkylation sites (tertiary alicyclic amines) is 3. The van der Waals surface area contributed by atoms with Gasteiger partial charge in [-0.25, -0.2) is 24.0 Å². The molecular weight excluding hydrogens is 915 g/mol. The number of benzene rings is 4. The van der Waals surface area contributed by atoms with E-state index < -0.39 is 28.9 Å². The molecule has 4 aromatic carbocycles. The summed E-state index contributed by atoms with van der Waals surface area (Å²) in [6.45, 7) is 21.1. The van der Waals surface area contributed by atoms with E-state index in [4.69, 9.17) is 29.8 Å². The molecule has 72 heavy (non-hydrogen) atoms. The van der Waals surface area contributed by atoms with Crippen molar-refractivity contribution in [2.45, 2.75) is 142 Å². The first-order valence-corrected chi connectivity index (χ1v) is 25.1. The molecule has 4 aromatic rings. The van der Waals surface area contributed by atoms with Gasteiger partial charge in [0.25, 0.3) is 0 Å². The highest BCUT2D eigenvalue weighted by atomic mass is 16.6. The maximum atomic E-state index is 12.4. The Balaban J connectivity index is 0.000000206. The van der Waals surface area contributed by atoms with Crippen LogP contribution in [0, 0.1) is 0 Å². The van der Waals surface area contributed by atoms with E-state index >= 15 is 0 Å². The van der Waals surface area contributed by atoms with Crippen LogP contribution in [0.15, 0.2) is 103 Å². The molecule has 3 aliphatic heterocycles. The number of carboxylic acids is 1. The second-order valence-corrected chi connectivity index (χ2v) is 21.7. The fraction of sp³-hybridized carbons (Fsp3) is 0.491. The third-order valence-electron chi connectivity index (χ3n) is 12.0. The van der Waals surface area contributed by atoms with Crippen LogP contribution in [0.5, 0.6) is 0 Å². The van der Waals surface area contributed by atoms with Gasteiger partial charge >= 0.3 is 30.3 Å². The number of piperidine rings is 3. The van der Waals surface area contributed by atoms with Crippen molar-refractivity contribution in [3.8, 4) is 0 Å². The van der Waals surface area contributed by atoms with E-state index in [0.29, 0.717) is 44.3 Å². The van der Waals surface area contributed by atoms with Crippen molar-refractivity contribution in [1.82, 2.24) is 14.7 Å². The number of nitrogens with zero attached hydrogens (tertiary/aromatic N) is 3. The second-order valence-electron chi connectivity index (χ2n) is 21.7. The molecule has 0 saturated carbocycles. The lowest BCUT2D eigenvalue weighted by molar-refractivity contribution is 0.0188. The monoisotopic (exact) mass is 992 g/mol. The first kappa shape index (κ1) is 56.1. The predicted octanol–water partition coefficient (Wildman–Crippen LogP) is 12.4. The fourth-order valence-corrected chi connectivity index (χ4v) is 8.71. The quantitative estimate of drug-likeness (QED) is 0.118. The normalized spacial score (nSPS) is 18.2. The summed E-state index contributed by atoms with van der Waals surface area (Å²) in [6, 6.07) is 32.2. The van der Waals surface area contributed by atoms with Gasteiger partial charge in [0, 0.05) is 68.4 Å². The van der Waals surface area contributed by atoms with Crippen LogP contribution in [0.1, 0.15) is 151 Å². The minimum atomic E-state index is -0.929. The minimum absolute atomic E-state index is 0.153. The van der Waals surface area contributed by atoms with Crippen molar-refractivity contribution in [1.29, 1.82) is 0 Å². The smallest absolute Gasteiger partial charge is 0.411 e. The first-order valence-electron chi connectivity index (χ1n) is 25.1. The van der Waals surface area contributed by atoms with Gasteiger partial charge in [-0.05, 0) is 159 Å². The molecule has 3 heterocycles. The molecule has 15 nitrogen and oxygen atoms in total. The van der Waals surface area contributed by atoms with E-state index in [9.17, 15) is 24.0 Å². The molecule has 0 radical (unpaired) electrons. The van der Waals surface area contributed by atoms with E-state index in [-0.39, 0.29) is 42.3 Å². The zero-order chi connectivity index (χ0) is 52.6. The summed E-state index contributed by atoms with van der Waals surface area (Å²) < 4.78 is 21.7. The number of nitrogens with two attached hydrogens (primary N) is 1. The van der Waals surface area contributed by atoms with Crippen LogP contribution < -0.4 is 11.1 Å². The van der Waals surface area contributed by atoms with E-state index in [1.54, 1.807) is 28.0 Å². The second kappa shape index (κ2) is 25.6. The van der Waals surface area contributed by atoms with E-state index in [2.05, 4.69) is 11.4 Å². The van der Waals surface area contributed by atoms with Crippen LogP contribution in [0.25, 0.3) is 0 Å². The molecule has 4 N–H and O–H groups in total. The Bertz CT molecular complexity index is 2430. The lowest BCUT2D eigenvalue weighted by Gasteiger charge is -2.34. The lowest BCUT2D eigenvalue weighted by atomic mass is 9.90. The third kappa shape index (κ3) is 19.1. The number of rotatable bonds is 7. The van der Waals surface area contributed by atoms with Crippen molar-refractivity contribution in [3.63, 3.8) is 0 Å². The average Bonchev–Trinajstić information content (AvgIpc) is 3.33. The fourth-order valence-electron chi connectivity index (χ4n) is 8.71. The number of carbonyl (C=O) groups is 5. The van der Waals surface area contributed by atoms with E-state index in [0.717, 1.165) is 67.4 Å². The molecule has 15 heteroatoms. The molecule has 0 spiro atoms. The topological polar surface area (TPSA) is 190 Å². The highest BCUT2D eigenvalue weighted by molar-refractivity contribution is 5.87. The number of amides is 4. The molecule has 7 rings (SSSR count). The number of nitrogens with one attached hydrogen (secondary N) is 1. The van der Waals surface area contributed by atoms with Crippen LogP contribution in [0.4, 0.5) is 30.6 Å². The summed E-state index contributed by atoms with van der Waals surface area (Å²) >= 11 is 0. The van der Waals surface area contributed by atoms with Gasteiger partial charge in [-0.15, -0.1) is 0 Å². The number of aromatic carboxylic acids is 1. The number of anilines is 2. The summed E-state index contributed by atoms with van der Waals surface area (Å²) in [5.74, 6) is -0.227. The van der Waals surface area contributed by atoms with Crippen LogP contribution in [0.2, 0.25) is 0 Å². The first-order chi connectivity index (χ1) is 33.9. The predicted molar refractivity (Wildman–Crippen MR) is 280 cm³/mol. The zero-order valence-corrected chi connectivity index (χ0v) is 43.8. The number of hydrogen-bond donors (Lipinski definition) is 3. The number of nitrogen functional groups attached to an aromatic ring is 1. The van der Waals surface area contributed by atoms with Crippen molar-refractivity contribution in [2.24, 2.45) is 0 Å². The van der Waals surface area contributed by atoms with Crippen LogP contribution >= 0.6 is 0 Å². The summed E-state index contributed by atoms with van der Waals surface area (Å²) in [5, 5.41) is 11.9. The summed E-state index contributed by atoms with van der Waals surface area (Å²) in [4.78, 5) is 65.3. The highest BCUT2D eigenvalue weighted by Gasteiger charge is 2.31. The number of carboxylic acid groups (broad SMARTS) is 1. The van der Waals surface area contributed by atoms with Gasteiger partial charge in [-0.2, -0.15) is 0 Å². The summed E-state index contributed by atoms with van der Waals surface area (Å²) in [7, 11) is 0. The van der Waals surface area contributed by atoms with Crippen LogP contribution in [-0.2, 0) is 25.6 Å². The lowest BCUT2D eigenvalue weighted by Crippen LogP contribution is -2.42. The molecule has 390 valence electrons. The van der Waals surface area contributed by atoms with E-state index in [1.807, 2.05) is 146 Å². The molecule has 3 aliphatic rings. The molecule has 0 bridgehead atoms. The largest absolute Gasteiger partial charge is 0.478 e. The number of ether oxygens (including phenoxy) is 4. The van der Waals surface area contributed by atoms with Gasteiger partial charge in [-0.1, -0.05) is 66.7 Å². The third-order valence-corrected chi connectivity index (χ3v) is 12.0. The summed E-state index contributed by atoms with van der Waals surface area (Å²) in [5.41, 5.74) is 10.3. The molecular formula is C57H77N5O10. The van der Waals surface area contributed by atoms with Crippen molar-refractivity contribution >= 4 is 41.7 Å². The average molecular weight is 992 g/mol. The standard InChI is InChI=1S/C24H30N2O4.C17H23NO4.C16H24N2O2/c1-24(2,3)30-23(28)26-14-8-12-20(16-26)19-11-7-13-21(15-19)25-22(27)29-17-18-9-5-4-6-10-18;1-17(2,3)22-16(21)18-9-5-8-14(11-18)12-6-4-7-13(10-12)15(19)20;1-16(2,3)20-15(19)18-9-5-7-13(11-18)12-6-4-8-14(17)10-12/h4-7,9-11,13,15,20H,8,12,14,16-17H2,1-3H3,(H,25,27);4,6-7,10,14H,5,8-9,11H2,1-3H3,(H,19,20);4,6,8,10,13H,5,7,9,11,17H2,1-3H3. The molecule has 3 unspecified atom stereocenters. The van der Waals surface area contributed by atoms with Crippen molar-refractivity contribution < 1.29 is 48.0 Å². The van der Waals surface area contributed by atoms with Gasteiger partial charge in [-0.3, -0.25) is 5.32 Å². The number of carbonyl (C=O) groups excluding carboxylic acids is 4. The van der Waals surface area contributed by atoms with Gasteiger partial charge in [0.2, 0.25) is 0 Å². The molecule has 4 amide bonds. The van der Waals surface area contributed by atoms with Gasteiger partial charge in [0.1, 0.15) is 23.4 Å². The minimum Gasteiger partial charge on any atom is -0.478 e. The maximum Gasteiger partial charge on any atom is 0.411 e. The Morgan fingerprint density at radius 2 is 0.972 bits per heavy atom. The SMILES string of the molecule is CC(C)(C)OC(=O)N1CCCC(c2cccc(C(=O)O)c2)C1.CC(C)(C)OC(=O)N1CCCC(c2cccc(N)c2)C1.CC(C)(C)OC(=O)N1CCCC(c2cccc(NC(=O)OCc3ccccc3)c2)C1. The highest BCUT2D eigenvalue weighted by Crippen LogP contribution is 2.32. The molecule has 0 aromatic heterocycles. The van der Waals surface area contributed by atoms with Crippen LogP contribution in [-0.4, -0.2) is 106 Å². The molecule has 3 saturated heterocycles. The van der Waals surface area contributed by atoms with Crippen molar-refractivity contribution in [2.75, 3.05) is 50.3 Å². The Hall–Kier alpha value is -6.77. The Morgan fingerprint density at radius 3 is 1.40 bits per heavy atom.